The Morgan fingerprint density at radius 3 is 2.67 bits per heavy atom. The van der Waals surface area contributed by atoms with Crippen LogP contribution in [0.5, 0.6) is 0 Å². The molecule has 0 saturated heterocycles. The van der Waals surface area contributed by atoms with E-state index in [9.17, 15) is 0 Å². The number of hydrogen-bond acceptors (Lipinski definition) is 4. The Labute approximate surface area is 124 Å². The summed E-state index contributed by atoms with van der Waals surface area (Å²) < 4.78 is 0. The summed E-state index contributed by atoms with van der Waals surface area (Å²) in [7, 11) is 0. The molecule has 1 aromatic carbocycles. The van der Waals surface area contributed by atoms with Gasteiger partial charge in [0.15, 0.2) is 5.84 Å². The van der Waals surface area contributed by atoms with Gasteiger partial charge in [-0.05, 0) is 48.7 Å². The lowest BCUT2D eigenvalue weighted by molar-refractivity contribution is 0.318. The number of nitrogens with one attached hydrogen (secondary N) is 1. The first-order valence-corrected chi connectivity index (χ1v) is 6.82. The lowest BCUT2D eigenvalue weighted by atomic mass is 10.0. The molecular weight excluding hydrogens is 264 g/mol. The van der Waals surface area contributed by atoms with Gasteiger partial charge < -0.3 is 16.3 Å². The highest BCUT2D eigenvalue weighted by atomic mass is 16.4. The second kappa shape index (κ2) is 6.85. The Balaban J connectivity index is 2.04. The fourth-order valence-corrected chi connectivity index (χ4v) is 2.14. The van der Waals surface area contributed by atoms with Crippen molar-refractivity contribution < 1.29 is 5.21 Å². The molecule has 0 radical (unpaired) electrons. The zero-order chi connectivity index (χ0) is 15.2. The molecule has 0 amide bonds. The third-order valence-electron chi connectivity index (χ3n) is 3.55. The van der Waals surface area contributed by atoms with Crippen LogP contribution in [-0.2, 0) is 6.54 Å². The molecule has 0 aliphatic carbocycles. The molecule has 0 unspecified atom stereocenters. The van der Waals surface area contributed by atoms with Gasteiger partial charge in [0.1, 0.15) is 0 Å². The smallest absolute Gasteiger partial charge is 0.170 e. The number of aromatic nitrogens is 1. The Morgan fingerprint density at radius 1 is 1.33 bits per heavy atom. The van der Waals surface area contributed by atoms with Crippen LogP contribution in [0.2, 0.25) is 0 Å². The van der Waals surface area contributed by atoms with E-state index in [2.05, 4.69) is 22.4 Å². The minimum Gasteiger partial charge on any atom is -0.409 e. The maximum absolute atomic E-state index is 8.70. The van der Waals surface area contributed by atoms with Crippen molar-refractivity contribution >= 4 is 5.84 Å². The molecule has 0 fully saturated rings. The third-order valence-corrected chi connectivity index (χ3v) is 3.55. The van der Waals surface area contributed by atoms with Crippen LogP contribution in [0.3, 0.4) is 0 Å². The number of benzene rings is 1. The van der Waals surface area contributed by atoms with Gasteiger partial charge in [0, 0.05) is 30.5 Å². The summed E-state index contributed by atoms with van der Waals surface area (Å²) >= 11 is 0. The molecule has 21 heavy (non-hydrogen) atoms. The second-order valence-corrected chi connectivity index (χ2v) is 5.01. The van der Waals surface area contributed by atoms with Crippen LogP contribution in [-0.4, -0.2) is 16.0 Å². The lowest BCUT2D eigenvalue weighted by Crippen LogP contribution is -2.19. The van der Waals surface area contributed by atoms with E-state index >= 15 is 0 Å². The number of hydrogen-bond donors (Lipinski definition) is 3. The highest BCUT2D eigenvalue weighted by Gasteiger charge is 2.07. The minimum atomic E-state index is 0.128. The molecule has 0 bridgehead atoms. The van der Waals surface area contributed by atoms with Crippen LogP contribution in [0.25, 0.3) is 0 Å². The Bertz CT molecular complexity index is 625. The highest BCUT2D eigenvalue weighted by molar-refractivity contribution is 5.97. The largest absolute Gasteiger partial charge is 0.409 e. The Kier molecular flexibility index (Phi) is 4.90. The van der Waals surface area contributed by atoms with Gasteiger partial charge in [0.05, 0.1) is 0 Å². The average Bonchev–Trinajstić information content (AvgIpc) is 2.53. The van der Waals surface area contributed by atoms with Crippen LogP contribution in [0.1, 0.15) is 35.2 Å². The van der Waals surface area contributed by atoms with E-state index in [-0.39, 0.29) is 11.9 Å². The van der Waals surface area contributed by atoms with E-state index in [1.807, 2.05) is 37.3 Å². The summed E-state index contributed by atoms with van der Waals surface area (Å²) in [6, 6.07) is 10.0. The van der Waals surface area contributed by atoms with E-state index in [4.69, 9.17) is 10.9 Å². The Hall–Kier alpha value is -2.40. The summed E-state index contributed by atoms with van der Waals surface area (Å²) in [5.41, 5.74) is 9.81. The molecule has 1 heterocycles. The summed E-state index contributed by atoms with van der Waals surface area (Å²) in [5.74, 6) is 0.128. The third kappa shape index (κ3) is 3.79. The number of amidine groups is 1. The lowest BCUT2D eigenvalue weighted by Gasteiger charge is -2.15. The van der Waals surface area contributed by atoms with E-state index in [1.165, 1.54) is 11.1 Å². The fraction of sp³-hybridized carbons (Fsp3) is 0.250. The summed E-state index contributed by atoms with van der Waals surface area (Å²) in [6.45, 7) is 4.89. The van der Waals surface area contributed by atoms with E-state index in [0.29, 0.717) is 0 Å². The van der Waals surface area contributed by atoms with Crippen LogP contribution in [0.4, 0.5) is 0 Å². The molecule has 4 N–H and O–H groups in total. The van der Waals surface area contributed by atoms with Crippen LogP contribution in [0, 0.1) is 6.92 Å². The number of nitrogens with zero attached hydrogens (tertiary/aromatic N) is 2. The van der Waals surface area contributed by atoms with Crippen LogP contribution in [0.15, 0.2) is 47.9 Å². The number of nitrogens with two attached hydrogens (primary N) is 1. The van der Waals surface area contributed by atoms with E-state index in [1.54, 1.807) is 12.4 Å². The van der Waals surface area contributed by atoms with Crippen molar-refractivity contribution in [1.82, 2.24) is 10.3 Å². The number of rotatable bonds is 5. The summed E-state index contributed by atoms with van der Waals surface area (Å²) in [5, 5.41) is 15.2. The molecule has 5 nitrogen and oxygen atoms in total. The van der Waals surface area contributed by atoms with Crippen molar-refractivity contribution in [3.63, 3.8) is 0 Å². The number of pyridine rings is 1. The molecule has 0 aliphatic rings. The quantitative estimate of drug-likeness (QED) is 0.340. The first-order valence-electron chi connectivity index (χ1n) is 6.82. The van der Waals surface area contributed by atoms with E-state index in [0.717, 1.165) is 17.7 Å². The molecule has 2 rings (SSSR count). The number of aryl methyl sites for hydroxylation is 1. The monoisotopic (exact) mass is 284 g/mol. The van der Waals surface area contributed by atoms with Crippen molar-refractivity contribution in [3.05, 3.63) is 65.0 Å². The fourth-order valence-electron chi connectivity index (χ4n) is 2.14. The maximum atomic E-state index is 8.70. The van der Waals surface area contributed by atoms with Crippen molar-refractivity contribution in [2.75, 3.05) is 0 Å². The summed E-state index contributed by atoms with van der Waals surface area (Å²) in [4.78, 5) is 4.02. The standard InChI is InChI=1S/C16H20N4O/c1-11-9-14(16(17)20-21)3-4-15(11)10-19-12(2)13-5-7-18-8-6-13/h3-9,12,19,21H,10H2,1-2H3,(H2,17,20)/t12-/m1/s1. The molecule has 5 heteroatoms. The van der Waals surface area contributed by atoms with E-state index < -0.39 is 0 Å². The molecule has 1 atom stereocenters. The van der Waals surface area contributed by atoms with Crippen molar-refractivity contribution in [2.24, 2.45) is 10.9 Å². The van der Waals surface area contributed by atoms with Crippen molar-refractivity contribution in [2.45, 2.75) is 26.4 Å². The highest BCUT2D eigenvalue weighted by Crippen LogP contribution is 2.15. The zero-order valence-electron chi connectivity index (χ0n) is 12.2. The number of oxime groups is 1. The molecule has 0 saturated carbocycles. The van der Waals surface area contributed by atoms with Crippen LogP contribution >= 0.6 is 0 Å². The first-order chi connectivity index (χ1) is 10.1. The van der Waals surface area contributed by atoms with Gasteiger partial charge >= 0.3 is 0 Å². The minimum absolute atomic E-state index is 0.128. The maximum Gasteiger partial charge on any atom is 0.170 e. The van der Waals surface area contributed by atoms with Gasteiger partial charge in [-0.15, -0.1) is 0 Å². The van der Waals surface area contributed by atoms with Gasteiger partial charge in [-0.1, -0.05) is 17.3 Å². The SMILES string of the molecule is Cc1cc(/C(N)=N/O)ccc1CN[C@H](C)c1ccncc1. The van der Waals surface area contributed by atoms with Gasteiger partial charge in [-0.2, -0.15) is 0 Å². The van der Waals surface area contributed by atoms with Gasteiger partial charge in [-0.25, -0.2) is 0 Å². The molecule has 0 aliphatic heterocycles. The first kappa shape index (κ1) is 15.0. The average molecular weight is 284 g/mol. The van der Waals surface area contributed by atoms with Crippen molar-refractivity contribution in [1.29, 1.82) is 0 Å². The zero-order valence-corrected chi connectivity index (χ0v) is 12.2. The molecule has 0 spiro atoms. The normalized spacial score (nSPS) is 13.1. The van der Waals surface area contributed by atoms with Gasteiger partial charge in [-0.3, -0.25) is 4.98 Å². The van der Waals surface area contributed by atoms with Crippen molar-refractivity contribution in [3.8, 4) is 0 Å². The van der Waals surface area contributed by atoms with Gasteiger partial charge in [0.25, 0.3) is 0 Å². The molecule has 1 aromatic heterocycles. The topological polar surface area (TPSA) is 83.5 Å². The molecule has 2 aromatic rings. The second-order valence-electron chi connectivity index (χ2n) is 5.01. The predicted octanol–water partition coefficient (Wildman–Crippen LogP) is 2.34. The predicted molar refractivity (Wildman–Crippen MR) is 83.2 cm³/mol. The van der Waals surface area contributed by atoms with Gasteiger partial charge in [0.2, 0.25) is 0 Å². The summed E-state index contributed by atoms with van der Waals surface area (Å²) in [6.07, 6.45) is 3.59. The van der Waals surface area contributed by atoms with Crippen LogP contribution < -0.4 is 11.1 Å². The molecule has 110 valence electrons. The molecular formula is C16H20N4O. The Morgan fingerprint density at radius 2 is 2.05 bits per heavy atom.